The van der Waals surface area contributed by atoms with E-state index in [9.17, 15) is 4.79 Å². The lowest BCUT2D eigenvalue weighted by molar-refractivity contribution is 0.0950. The first-order valence-electron chi connectivity index (χ1n) is 8.48. The first-order chi connectivity index (χ1) is 10.8. The molecule has 120 valence electrons. The van der Waals surface area contributed by atoms with E-state index in [1.165, 1.54) is 12.0 Å². The van der Waals surface area contributed by atoms with Crippen molar-refractivity contribution < 1.29 is 9.53 Å². The number of rotatable bonds is 5. The maximum absolute atomic E-state index is 11.7. The van der Waals surface area contributed by atoms with Crippen molar-refractivity contribution in [3.63, 3.8) is 0 Å². The predicted octanol–water partition coefficient (Wildman–Crippen LogP) is 3.00. The number of carbonyl (C=O) groups excluding carboxylic acids is 1. The van der Waals surface area contributed by atoms with E-state index in [4.69, 9.17) is 4.74 Å². The molecular formula is C18H26N2O2. The molecule has 1 aliphatic carbocycles. The number of hydrogen-bond acceptors (Lipinski definition) is 3. The summed E-state index contributed by atoms with van der Waals surface area (Å²) in [5.41, 5.74) is 1.48. The van der Waals surface area contributed by atoms with Gasteiger partial charge in [0.2, 0.25) is 0 Å². The molecule has 22 heavy (non-hydrogen) atoms. The smallest absolute Gasteiger partial charge is 0.409 e. The molecule has 1 saturated heterocycles. The Bertz CT molecular complexity index is 483. The number of nitrogens with zero attached hydrogens (tertiary/aromatic N) is 1. The van der Waals surface area contributed by atoms with Crippen molar-refractivity contribution >= 4 is 6.09 Å². The minimum Gasteiger partial charge on any atom is -0.450 e. The molecule has 4 nitrogen and oxygen atoms in total. The monoisotopic (exact) mass is 302 g/mol. The zero-order valence-corrected chi connectivity index (χ0v) is 13.3. The van der Waals surface area contributed by atoms with Crippen molar-refractivity contribution in [2.75, 3.05) is 26.2 Å². The molecule has 2 aliphatic rings. The van der Waals surface area contributed by atoms with Crippen molar-refractivity contribution in [3.05, 3.63) is 35.9 Å². The highest BCUT2D eigenvalue weighted by Gasteiger charge is 2.38. The third kappa shape index (κ3) is 3.80. The van der Waals surface area contributed by atoms with E-state index in [0.29, 0.717) is 12.6 Å². The molecule has 1 saturated carbocycles. The Balaban J connectivity index is 1.36. The summed E-state index contributed by atoms with van der Waals surface area (Å²) in [6.45, 7) is 5.03. The molecule has 0 unspecified atom stereocenters. The topological polar surface area (TPSA) is 41.6 Å². The average Bonchev–Trinajstić information content (AvgIpc) is 3.34. The fourth-order valence-electron chi connectivity index (χ4n) is 3.38. The van der Waals surface area contributed by atoms with Crippen molar-refractivity contribution in [1.82, 2.24) is 10.2 Å². The van der Waals surface area contributed by atoms with Crippen LogP contribution in [-0.2, 0) is 4.74 Å². The average molecular weight is 302 g/mol. The second kappa shape index (κ2) is 7.14. The van der Waals surface area contributed by atoms with Gasteiger partial charge in [0.05, 0.1) is 6.61 Å². The highest BCUT2D eigenvalue weighted by molar-refractivity contribution is 5.67. The highest BCUT2D eigenvalue weighted by Crippen LogP contribution is 2.46. The minimum atomic E-state index is -0.160. The normalized spacial score (nSPS) is 25.0. The number of likely N-dealkylation sites (tertiary alicyclic amines) is 1. The largest absolute Gasteiger partial charge is 0.450 e. The summed E-state index contributed by atoms with van der Waals surface area (Å²) in [5.74, 6) is 1.53. The van der Waals surface area contributed by atoms with Crippen molar-refractivity contribution in [3.8, 4) is 0 Å². The van der Waals surface area contributed by atoms with E-state index in [1.807, 2.05) is 11.8 Å². The maximum Gasteiger partial charge on any atom is 0.409 e. The van der Waals surface area contributed by atoms with Gasteiger partial charge in [-0.05, 0) is 50.1 Å². The lowest BCUT2D eigenvalue weighted by atomic mass is 10.0. The van der Waals surface area contributed by atoms with E-state index >= 15 is 0 Å². The molecule has 1 amide bonds. The fourth-order valence-corrected chi connectivity index (χ4v) is 3.38. The molecule has 1 aromatic carbocycles. The number of benzene rings is 1. The zero-order chi connectivity index (χ0) is 15.4. The van der Waals surface area contributed by atoms with E-state index in [2.05, 4.69) is 35.6 Å². The van der Waals surface area contributed by atoms with Gasteiger partial charge in [0.25, 0.3) is 0 Å². The van der Waals surface area contributed by atoms with Crippen LogP contribution in [-0.4, -0.2) is 43.3 Å². The Hall–Kier alpha value is -1.55. The third-order valence-corrected chi connectivity index (χ3v) is 4.84. The van der Waals surface area contributed by atoms with Crippen molar-refractivity contribution in [2.24, 2.45) is 5.92 Å². The summed E-state index contributed by atoms with van der Waals surface area (Å²) < 4.78 is 5.05. The first-order valence-corrected chi connectivity index (χ1v) is 8.48. The molecule has 1 heterocycles. The van der Waals surface area contributed by atoms with Crippen LogP contribution in [0.4, 0.5) is 4.79 Å². The Kier molecular flexibility index (Phi) is 4.98. The van der Waals surface area contributed by atoms with Crippen LogP contribution in [0.25, 0.3) is 0 Å². The molecule has 1 aromatic rings. The quantitative estimate of drug-likeness (QED) is 0.909. The van der Waals surface area contributed by atoms with E-state index in [-0.39, 0.29) is 6.09 Å². The number of carbonyl (C=O) groups is 1. The number of amides is 1. The molecule has 0 aromatic heterocycles. The van der Waals surface area contributed by atoms with Crippen LogP contribution in [0.5, 0.6) is 0 Å². The number of piperidine rings is 1. The Morgan fingerprint density at radius 3 is 2.68 bits per heavy atom. The van der Waals surface area contributed by atoms with E-state index < -0.39 is 0 Å². The standard InChI is InChI=1S/C18H26N2O2/c1-2-22-18(21)20-10-8-16(9-11-20)19-13-15-12-17(15)14-6-4-3-5-7-14/h3-7,15-17,19H,2,8-13H2,1H3/t15-,17-/m0/s1. The van der Waals surface area contributed by atoms with Gasteiger partial charge in [0, 0.05) is 19.1 Å². The summed E-state index contributed by atoms with van der Waals surface area (Å²) in [5, 5.41) is 3.70. The predicted molar refractivity (Wildman–Crippen MR) is 86.9 cm³/mol. The van der Waals surface area contributed by atoms with Crippen LogP contribution in [0.2, 0.25) is 0 Å². The lowest BCUT2D eigenvalue weighted by Crippen LogP contribution is -2.45. The van der Waals surface area contributed by atoms with Crippen LogP contribution in [0, 0.1) is 5.92 Å². The van der Waals surface area contributed by atoms with Gasteiger partial charge in [-0.3, -0.25) is 0 Å². The molecule has 4 heteroatoms. The van der Waals surface area contributed by atoms with Crippen LogP contribution in [0.15, 0.2) is 30.3 Å². The van der Waals surface area contributed by atoms with Gasteiger partial charge in [0.15, 0.2) is 0 Å². The third-order valence-electron chi connectivity index (χ3n) is 4.84. The van der Waals surface area contributed by atoms with Gasteiger partial charge in [-0.2, -0.15) is 0 Å². The minimum absolute atomic E-state index is 0.160. The van der Waals surface area contributed by atoms with Gasteiger partial charge in [-0.15, -0.1) is 0 Å². The van der Waals surface area contributed by atoms with Gasteiger partial charge in [-0.25, -0.2) is 4.79 Å². The molecule has 2 atom stereocenters. The lowest BCUT2D eigenvalue weighted by Gasteiger charge is -2.31. The SMILES string of the molecule is CCOC(=O)N1CCC(NC[C@@H]2C[C@H]2c2ccccc2)CC1. The van der Waals surface area contributed by atoms with Crippen LogP contribution >= 0.6 is 0 Å². The van der Waals surface area contributed by atoms with Crippen LogP contribution in [0.3, 0.4) is 0 Å². The number of nitrogens with one attached hydrogen (secondary N) is 1. The van der Waals surface area contributed by atoms with Crippen molar-refractivity contribution in [1.29, 1.82) is 0 Å². The second-order valence-corrected chi connectivity index (χ2v) is 6.38. The van der Waals surface area contributed by atoms with Crippen molar-refractivity contribution in [2.45, 2.75) is 38.1 Å². The van der Waals surface area contributed by atoms with Gasteiger partial charge >= 0.3 is 6.09 Å². The fraction of sp³-hybridized carbons (Fsp3) is 0.611. The van der Waals surface area contributed by atoms with E-state index in [0.717, 1.165) is 44.3 Å². The Labute approximate surface area is 132 Å². The van der Waals surface area contributed by atoms with E-state index in [1.54, 1.807) is 0 Å². The summed E-state index contributed by atoms with van der Waals surface area (Å²) in [6, 6.07) is 11.4. The van der Waals surface area contributed by atoms with Crippen LogP contribution < -0.4 is 5.32 Å². The molecule has 3 rings (SSSR count). The Morgan fingerprint density at radius 2 is 2.00 bits per heavy atom. The van der Waals surface area contributed by atoms with Gasteiger partial charge in [0.1, 0.15) is 0 Å². The first kappa shape index (κ1) is 15.3. The summed E-state index contributed by atoms with van der Waals surface area (Å²) in [4.78, 5) is 13.5. The number of hydrogen-bond donors (Lipinski definition) is 1. The molecule has 0 spiro atoms. The maximum atomic E-state index is 11.7. The summed E-state index contributed by atoms with van der Waals surface area (Å²) in [7, 11) is 0. The summed E-state index contributed by atoms with van der Waals surface area (Å²) in [6.07, 6.45) is 3.20. The molecule has 1 N–H and O–H groups in total. The molecule has 1 aliphatic heterocycles. The highest BCUT2D eigenvalue weighted by atomic mass is 16.6. The molecule has 0 radical (unpaired) electrons. The van der Waals surface area contributed by atoms with Gasteiger partial charge in [-0.1, -0.05) is 30.3 Å². The zero-order valence-electron chi connectivity index (χ0n) is 13.3. The van der Waals surface area contributed by atoms with Gasteiger partial charge < -0.3 is 15.0 Å². The molecular weight excluding hydrogens is 276 g/mol. The Morgan fingerprint density at radius 1 is 1.27 bits per heavy atom. The number of ether oxygens (including phenoxy) is 1. The second-order valence-electron chi connectivity index (χ2n) is 6.38. The molecule has 2 fully saturated rings. The molecule has 0 bridgehead atoms. The van der Waals surface area contributed by atoms with Crippen LogP contribution in [0.1, 0.15) is 37.7 Å². The summed E-state index contributed by atoms with van der Waals surface area (Å²) >= 11 is 0.